The minimum atomic E-state index is -0.200. The average Bonchev–Trinajstić information content (AvgIpc) is 3.33. The number of rotatable bonds is 7. The second kappa shape index (κ2) is 8.99. The van der Waals surface area contributed by atoms with Crippen molar-refractivity contribution in [2.45, 2.75) is 20.5 Å². The lowest BCUT2D eigenvalue weighted by molar-refractivity contribution is -0.147. The number of carbonyl (C=O) groups excluding carboxylic acids is 1. The summed E-state index contributed by atoms with van der Waals surface area (Å²) in [6, 6.07) is 27.0. The summed E-state index contributed by atoms with van der Waals surface area (Å²) in [6.45, 7) is 4.35. The smallest absolute Gasteiger partial charge is 0.310 e. The van der Waals surface area contributed by atoms with Crippen LogP contribution in [0.15, 0.2) is 91.0 Å². The van der Waals surface area contributed by atoms with Gasteiger partial charge in [0, 0.05) is 5.03 Å². The molecule has 0 amide bonds. The Hall–Kier alpha value is -3.04. The molecular weight excluding hydrogens is 408 g/mol. The van der Waals surface area contributed by atoms with Gasteiger partial charge in [0.15, 0.2) is 0 Å². The fraction of sp³-hybridized carbons (Fsp3) is 0.222. The zero-order valence-corrected chi connectivity index (χ0v) is 18.4. The van der Waals surface area contributed by atoms with Gasteiger partial charge in [-0.05, 0) is 46.7 Å². The van der Waals surface area contributed by atoms with E-state index in [9.17, 15) is 4.79 Å². The molecule has 31 heavy (non-hydrogen) atoms. The number of carbonyl (C=O) groups is 1. The minimum absolute atomic E-state index is 0.0560. The molecule has 0 spiro atoms. The van der Waals surface area contributed by atoms with E-state index in [-0.39, 0.29) is 29.8 Å². The van der Waals surface area contributed by atoms with Crippen LogP contribution in [-0.2, 0) is 16.1 Å². The summed E-state index contributed by atoms with van der Waals surface area (Å²) in [7, 11) is 0. The number of hydrogen-bond acceptors (Lipinski definition) is 3. The number of halogens is 1. The number of benzene rings is 3. The summed E-state index contributed by atoms with van der Waals surface area (Å²) in [5.41, 5.74) is 1.66. The highest BCUT2D eigenvalue weighted by molar-refractivity contribution is 6.48. The van der Waals surface area contributed by atoms with Crippen LogP contribution in [0, 0.1) is 17.3 Å². The Morgan fingerprint density at radius 1 is 0.935 bits per heavy atom. The first kappa shape index (κ1) is 21.2. The van der Waals surface area contributed by atoms with Gasteiger partial charge in [0.25, 0.3) is 0 Å². The third-order valence-corrected chi connectivity index (χ3v) is 6.14. The van der Waals surface area contributed by atoms with Crippen LogP contribution in [0.25, 0.3) is 5.03 Å². The number of hydrogen-bond donors (Lipinski definition) is 0. The predicted molar refractivity (Wildman–Crippen MR) is 124 cm³/mol. The van der Waals surface area contributed by atoms with Gasteiger partial charge in [-0.2, -0.15) is 0 Å². The van der Waals surface area contributed by atoms with Crippen molar-refractivity contribution in [1.29, 1.82) is 0 Å². The van der Waals surface area contributed by atoms with E-state index in [0.717, 1.165) is 16.9 Å². The van der Waals surface area contributed by atoms with Crippen LogP contribution in [0.1, 0.15) is 25.0 Å². The molecule has 1 aliphatic carbocycles. The van der Waals surface area contributed by atoms with Crippen LogP contribution in [0.3, 0.4) is 0 Å². The van der Waals surface area contributed by atoms with Gasteiger partial charge in [-0.15, -0.1) is 0 Å². The Balaban J connectivity index is 1.37. The molecule has 3 aromatic rings. The molecule has 1 fully saturated rings. The SMILES string of the molecule is CC1(C)C(C=C(Cl)c2ccccc2)C1C(=O)OCc1cccc(Oc2ccccc2)c1. The molecule has 0 heterocycles. The highest BCUT2D eigenvalue weighted by Gasteiger charge is 2.61. The van der Waals surface area contributed by atoms with E-state index in [1.54, 1.807) is 0 Å². The third kappa shape index (κ3) is 5.00. The van der Waals surface area contributed by atoms with Crippen LogP contribution in [0.2, 0.25) is 0 Å². The van der Waals surface area contributed by atoms with E-state index in [4.69, 9.17) is 21.1 Å². The molecule has 158 valence electrons. The van der Waals surface area contributed by atoms with Crippen molar-refractivity contribution >= 4 is 22.6 Å². The fourth-order valence-corrected chi connectivity index (χ4v) is 4.12. The average molecular weight is 433 g/mol. The molecule has 0 saturated heterocycles. The van der Waals surface area contributed by atoms with Gasteiger partial charge in [0.1, 0.15) is 18.1 Å². The Morgan fingerprint density at radius 2 is 1.58 bits per heavy atom. The molecule has 3 aromatic carbocycles. The molecule has 0 bridgehead atoms. The Bertz CT molecular complexity index is 1070. The lowest BCUT2D eigenvalue weighted by Crippen LogP contribution is -2.10. The zero-order valence-electron chi connectivity index (χ0n) is 17.6. The summed E-state index contributed by atoms with van der Waals surface area (Å²) in [5.74, 6) is 1.13. The number of esters is 1. The molecule has 1 aliphatic rings. The van der Waals surface area contributed by atoms with Gasteiger partial charge in [-0.1, -0.05) is 92.2 Å². The second-order valence-corrected chi connectivity index (χ2v) is 8.78. The van der Waals surface area contributed by atoms with Crippen LogP contribution >= 0.6 is 11.6 Å². The first-order chi connectivity index (χ1) is 14.9. The molecule has 0 radical (unpaired) electrons. The van der Waals surface area contributed by atoms with Crippen molar-refractivity contribution in [1.82, 2.24) is 0 Å². The van der Waals surface area contributed by atoms with Crippen molar-refractivity contribution in [3.8, 4) is 11.5 Å². The maximum atomic E-state index is 12.8. The van der Waals surface area contributed by atoms with Gasteiger partial charge in [-0.3, -0.25) is 4.79 Å². The third-order valence-electron chi connectivity index (χ3n) is 5.80. The lowest BCUT2D eigenvalue weighted by Gasteiger charge is -2.09. The van der Waals surface area contributed by atoms with Gasteiger partial charge < -0.3 is 9.47 Å². The summed E-state index contributed by atoms with van der Waals surface area (Å²) in [6.07, 6.45) is 1.98. The summed E-state index contributed by atoms with van der Waals surface area (Å²) in [5, 5.41) is 0.666. The summed E-state index contributed by atoms with van der Waals surface area (Å²) in [4.78, 5) is 12.8. The normalized spacial score (nSPS) is 19.5. The van der Waals surface area contributed by atoms with Crippen molar-refractivity contribution in [2.24, 2.45) is 17.3 Å². The minimum Gasteiger partial charge on any atom is -0.461 e. The molecule has 1 saturated carbocycles. The zero-order chi connectivity index (χ0) is 21.8. The largest absolute Gasteiger partial charge is 0.461 e. The Kier molecular flexibility index (Phi) is 6.15. The van der Waals surface area contributed by atoms with Crippen molar-refractivity contribution in [3.63, 3.8) is 0 Å². The second-order valence-electron chi connectivity index (χ2n) is 8.38. The van der Waals surface area contributed by atoms with Crippen LogP contribution in [0.5, 0.6) is 11.5 Å². The predicted octanol–water partition coefficient (Wildman–Crippen LogP) is 7.07. The van der Waals surface area contributed by atoms with Crippen molar-refractivity contribution < 1.29 is 14.3 Å². The quantitative estimate of drug-likeness (QED) is 0.374. The molecule has 3 nitrogen and oxygen atoms in total. The van der Waals surface area contributed by atoms with E-state index < -0.39 is 0 Å². The molecule has 0 aliphatic heterocycles. The van der Waals surface area contributed by atoms with E-state index in [1.165, 1.54) is 0 Å². The van der Waals surface area contributed by atoms with Crippen LogP contribution < -0.4 is 4.74 Å². The number of allylic oxidation sites excluding steroid dienone is 1. The molecule has 0 aromatic heterocycles. The Morgan fingerprint density at radius 3 is 2.29 bits per heavy atom. The van der Waals surface area contributed by atoms with Crippen molar-refractivity contribution in [2.75, 3.05) is 0 Å². The lowest BCUT2D eigenvalue weighted by atomic mass is 10.1. The summed E-state index contributed by atoms with van der Waals surface area (Å²) >= 11 is 6.49. The topological polar surface area (TPSA) is 35.5 Å². The first-order valence-electron chi connectivity index (χ1n) is 10.4. The molecule has 4 rings (SSSR count). The fourth-order valence-electron chi connectivity index (χ4n) is 3.86. The van der Waals surface area contributed by atoms with Gasteiger partial charge in [0.2, 0.25) is 0 Å². The van der Waals surface area contributed by atoms with E-state index in [0.29, 0.717) is 10.8 Å². The Labute approximate surface area is 188 Å². The maximum absolute atomic E-state index is 12.8. The first-order valence-corrected chi connectivity index (χ1v) is 10.7. The summed E-state index contributed by atoms with van der Waals surface area (Å²) < 4.78 is 11.5. The molecule has 0 N–H and O–H groups in total. The number of ether oxygens (including phenoxy) is 2. The molecular formula is C27H25ClO3. The molecule has 4 heteroatoms. The van der Waals surface area contributed by atoms with E-state index >= 15 is 0 Å². The van der Waals surface area contributed by atoms with Crippen molar-refractivity contribution in [3.05, 3.63) is 102 Å². The van der Waals surface area contributed by atoms with Crippen LogP contribution in [-0.4, -0.2) is 5.97 Å². The maximum Gasteiger partial charge on any atom is 0.310 e. The number of para-hydroxylation sites is 1. The highest BCUT2D eigenvalue weighted by Crippen LogP contribution is 2.60. The molecule has 2 unspecified atom stereocenters. The van der Waals surface area contributed by atoms with Gasteiger partial charge in [0.05, 0.1) is 5.92 Å². The molecule has 2 atom stereocenters. The van der Waals surface area contributed by atoms with Gasteiger partial charge in [-0.25, -0.2) is 0 Å². The van der Waals surface area contributed by atoms with Gasteiger partial charge >= 0.3 is 5.97 Å². The van der Waals surface area contributed by atoms with Crippen LogP contribution in [0.4, 0.5) is 0 Å². The monoisotopic (exact) mass is 432 g/mol. The van der Waals surface area contributed by atoms with E-state index in [2.05, 4.69) is 13.8 Å². The van der Waals surface area contributed by atoms with E-state index in [1.807, 2.05) is 91.0 Å². The highest BCUT2D eigenvalue weighted by atomic mass is 35.5. The standard InChI is InChI=1S/C27H25ClO3/c1-27(2)23(17-24(28)20-11-5-3-6-12-20)25(27)26(29)30-18-19-10-9-15-22(16-19)31-21-13-7-4-8-14-21/h3-17,23,25H,18H2,1-2H3.